The molecule has 1 aliphatic rings. The second kappa shape index (κ2) is 4.67. The third-order valence-electron chi connectivity index (χ3n) is 2.74. The van der Waals surface area contributed by atoms with Crippen molar-refractivity contribution in [3.63, 3.8) is 0 Å². The van der Waals surface area contributed by atoms with E-state index in [1.165, 1.54) is 0 Å². The van der Waals surface area contributed by atoms with Gasteiger partial charge in [-0.25, -0.2) is 4.79 Å². The Hall–Kier alpha value is -1.45. The van der Waals surface area contributed by atoms with Gasteiger partial charge in [0.15, 0.2) is 0 Å². The van der Waals surface area contributed by atoms with Gasteiger partial charge in [0.2, 0.25) is 0 Å². The number of aryl methyl sites for hydroxylation is 1. The lowest BCUT2D eigenvalue weighted by Crippen LogP contribution is -2.37. The SMILES string of the molecule is Cc1ccc(CN(C(=O)OC(C)(C)C)C2CC2)o1. The highest BCUT2D eigenvalue weighted by molar-refractivity contribution is 5.69. The number of amides is 1. The normalized spacial score (nSPS) is 15.6. The van der Waals surface area contributed by atoms with E-state index in [-0.39, 0.29) is 6.09 Å². The summed E-state index contributed by atoms with van der Waals surface area (Å²) < 4.78 is 10.9. The molecular weight excluding hydrogens is 230 g/mol. The van der Waals surface area contributed by atoms with Crippen molar-refractivity contribution in [2.75, 3.05) is 0 Å². The van der Waals surface area contributed by atoms with Gasteiger partial charge in [0.25, 0.3) is 0 Å². The fourth-order valence-corrected chi connectivity index (χ4v) is 1.79. The van der Waals surface area contributed by atoms with Gasteiger partial charge in [-0.3, -0.25) is 4.90 Å². The lowest BCUT2D eigenvalue weighted by atomic mass is 10.2. The molecule has 1 fully saturated rings. The van der Waals surface area contributed by atoms with Crippen LogP contribution in [0.3, 0.4) is 0 Å². The predicted molar refractivity (Wildman–Crippen MR) is 68.2 cm³/mol. The van der Waals surface area contributed by atoms with Gasteiger partial charge < -0.3 is 9.15 Å². The smallest absolute Gasteiger partial charge is 0.410 e. The molecule has 0 aromatic carbocycles. The van der Waals surface area contributed by atoms with Crippen molar-refractivity contribution in [1.29, 1.82) is 0 Å². The zero-order valence-corrected chi connectivity index (χ0v) is 11.5. The summed E-state index contributed by atoms with van der Waals surface area (Å²) in [6.07, 6.45) is 1.86. The number of rotatable bonds is 3. The van der Waals surface area contributed by atoms with Crippen LogP contribution in [-0.4, -0.2) is 22.6 Å². The first-order chi connectivity index (χ1) is 8.35. The van der Waals surface area contributed by atoms with E-state index in [0.717, 1.165) is 24.4 Å². The molecule has 2 rings (SSSR count). The summed E-state index contributed by atoms with van der Waals surface area (Å²) in [6.45, 7) is 8.04. The van der Waals surface area contributed by atoms with Crippen LogP contribution >= 0.6 is 0 Å². The Morgan fingerprint density at radius 2 is 2.11 bits per heavy atom. The predicted octanol–water partition coefficient (Wildman–Crippen LogP) is 3.49. The third kappa shape index (κ3) is 3.52. The van der Waals surface area contributed by atoms with E-state index >= 15 is 0 Å². The zero-order chi connectivity index (χ0) is 13.3. The minimum Gasteiger partial charge on any atom is -0.464 e. The van der Waals surface area contributed by atoms with Crippen molar-refractivity contribution in [3.05, 3.63) is 23.7 Å². The van der Waals surface area contributed by atoms with E-state index in [4.69, 9.17) is 9.15 Å². The lowest BCUT2D eigenvalue weighted by Gasteiger charge is -2.26. The van der Waals surface area contributed by atoms with Crippen LogP contribution in [0.25, 0.3) is 0 Å². The molecule has 0 unspecified atom stereocenters. The Balaban J connectivity index is 2.02. The average molecular weight is 251 g/mol. The summed E-state index contributed by atoms with van der Waals surface area (Å²) in [5.74, 6) is 1.68. The fraction of sp³-hybridized carbons (Fsp3) is 0.643. The number of furan rings is 1. The van der Waals surface area contributed by atoms with E-state index in [1.54, 1.807) is 4.90 Å². The quantitative estimate of drug-likeness (QED) is 0.825. The van der Waals surface area contributed by atoms with E-state index in [9.17, 15) is 4.79 Å². The number of hydrogen-bond acceptors (Lipinski definition) is 3. The highest BCUT2D eigenvalue weighted by atomic mass is 16.6. The molecule has 100 valence electrons. The van der Waals surface area contributed by atoms with Crippen LogP contribution in [0.1, 0.15) is 45.1 Å². The van der Waals surface area contributed by atoms with Crippen molar-refractivity contribution >= 4 is 6.09 Å². The molecule has 0 spiro atoms. The minimum absolute atomic E-state index is 0.251. The summed E-state index contributed by atoms with van der Waals surface area (Å²) >= 11 is 0. The number of ether oxygens (including phenoxy) is 1. The standard InChI is InChI=1S/C14H21NO3/c1-10-5-8-12(17-10)9-15(11-6-7-11)13(16)18-14(2,3)4/h5,8,11H,6-7,9H2,1-4H3. The first-order valence-electron chi connectivity index (χ1n) is 6.40. The van der Waals surface area contributed by atoms with Crippen LogP contribution in [0.2, 0.25) is 0 Å². The largest absolute Gasteiger partial charge is 0.464 e. The summed E-state index contributed by atoms with van der Waals surface area (Å²) in [5.41, 5.74) is -0.455. The molecule has 4 heteroatoms. The molecular formula is C14H21NO3. The zero-order valence-electron chi connectivity index (χ0n) is 11.5. The average Bonchev–Trinajstić information content (AvgIpc) is 2.97. The lowest BCUT2D eigenvalue weighted by molar-refractivity contribution is 0.0203. The maximum atomic E-state index is 12.1. The topological polar surface area (TPSA) is 42.7 Å². The van der Waals surface area contributed by atoms with Gasteiger partial charge in [-0.1, -0.05) is 0 Å². The van der Waals surface area contributed by atoms with Crippen LogP contribution in [0.15, 0.2) is 16.5 Å². The molecule has 4 nitrogen and oxygen atoms in total. The van der Waals surface area contributed by atoms with E-state index in [2.05, 4.69) is 0 Å². The molecule has 1 aromatic heterocycles. The van der Waals surface area contributed by atoms with Gasteiger partial charge in [-0.05, 0) is 52.7 Å². The van der Waals surface area contributed by atoms with Crippen LogP contribution in [0.4, 0.5) is 4.79 Å². The van der Waals surface area contributed by atoms with Gasteiger partial charge in [-0.2, -0.15) is 0 Å². The van der Waals surface area contributed by atoms with Crippen molar-refractivity contribution in [2.24, 2.45) is 0 Å². The fourth-order valence-electron chi connectivity index (χ4n) is 1.79. The van der Waals surface area contributed by atoms with Crippen molar-refractivity contribution in [2.45, 2.75) is 58.7 Å². The summed E-state index contributed by atoms with van der Waals surface area (Å²) in [5, 5.41) is 0. The van der Waals surface area contributed by atoms with Crippen LogP contribution in [0.5, 0.6) is 0 Å². The Kier molecular flexibility index (Phi) is 3.37. The highest BCUT2D eigenvalue weighted by Gasteiger charge is 2.35. The molecule has 0 aliphatic heterocycles. The monoisotopic (exact) mass is 251 g/mol. The van der Waals surface area contributed by atoms with Gasteiger partial charge in [-0.15, -0.1) is 0 Å². The highest BCUT2D eigenvalue weighted by Crippen LogP contribution is 2.30. The second-order valence-electron chi connectivity index (χ2n) is 5.85. The third-order valence-corrected chi connectivity index (χ3v) is 2.74. The Morgan fingerprint density at radius 1 is 1.44 bits per heavy atom. The number of carbonyl (C=O) groups excluding carboxylic acids is 1. The number of carbonyl (C=O) groups is 1. The van der Waals surface area contributed by atoms with Crippen molar-refractivity contribution in [3.8, 4) is 0 Å². The van der Waals surface area contributed by atoms with Crippen LogP contribution in [-0.2, 0) is 11.3 Å². The summed E-state index contributed by atoms with van der Waals surface area (Å²) in [4.78, 5) is 13.9. The summed E-state index contributed by atoms with van der Waals surface area (Å²) in [6, 6.07) is 4.13. The first-order valence-corrected chi connectivity index (χ1v) is 6.40. The molecule has 1 aromatic rings. The minimum atomic E-state index is -0.455. The molecule has 0 bridgehead atoms. The Bertz CT molecular complexity index is 426. The second-order valence-corrected chi connectivity index (χ2v) is 5.85. The Morgan fingerprint density at radius 3 is 2.56 bits per heavy atom. The molecule has 0 atom stereocenters. The van der Waals surface area contributed by atoms with Crippen molar-refractivity contribution in [1.82, 2.24) is 4.90 Å². The van der Waals surface area contributed by atoms with Gasteiger partial charge in [0, 0.05) is 6.04 Å². The van der Waals surface area contributed by atoms with Gasteiger partial charge in [0.05, 0.1) is 6.54 Å². The van der Waals surface area contributed by atoms with Crippen LogP contribution < -0.4 is 0 Å². The van der Waals surface area contributed by atoms with Crippen molar-refractivity contribution < 1.29 is 13.9 Å². The molecule has 1 amide bonds. The maximum absolute atomic E-state index is 12.1. The molecule has 0 radical (unpaired) electrons. The molecule has 1 heterocycles. The summed E-state index contributed by atoms with van der Waals surface area (Å²) in [7, 11) is 0. The molecule has 1 saturated carbocycles. The van der Waals surface area contributed by atoms with E-state index in [0.29, 0.717) is 12.6 Å². The van der Waals surface area contributed by atoms with Gasteiger partial charge in [0.1, 0.15) is 17.1 Å². The van der Waals surface area contributed by atoms with Crippen LogP contribution in [0, 0.1) is 6.92 Å². The molecule has 0 N–H and O–H groups in total. The maximum Gasteiger partial charge on any atom is 0.410 e. The number of hydrogen-bond donors (Lipinski definition) is 0. The number of nitrogens with zero attached hydrogens (tertiary/aromatic N) is 1. The van der Waals surface area contributed by atoms with E-state index in [1.807, 2.05) is 39.8 Å². The molecule has 18 heavy (non-hydrogen) atoms. The van der Waals surface area contributed by atoms with Gasteiger partial charge >= 0.3 is 6.09 Å². The van der Waals surface area contributed by atoms with E-state index < -0.39 is 5.60 Å². The molecule has 1 aliphatic carbocycles. The molecule has 0 saturated heterocycles. The Labute approximate surface area is 108 Å². The first kappa shape index (κ1) is 13.0.